The average Bonchev–Trinajstić information content (AvgIpc) is 3.16. The predicted molar refractivity (Wildman–Crippen MR) is 87.7 cm³/mol. The SMILES string of the molecule is Cc1ncc(C(C)NCC(=O)Nc2nccs2)s1.O=C(O)C(F)(F)F. The lowest BCUT2D eigenvalue weighted by molar-refractivity contribution is -0.192. The van der Waals surface area contributed by atoms with Crippen molar-refractivity contribution in [1.82, 2.24) is 15.3 Å². The number of carbonyl (C=O) groups is 2. The predicted octanol–water partition coefficient (Wildman–Crippen LogP) is 2.83. The third-order valence-electron chi connectivity index (χ3n) is 2.56. The van der Waals surface area contributed by atoms with E-state index in [0.29, 0.717) is 5.13 Å². The van der Waals surface area contributed by atoms with E-state index in [1.807, 2.05) is 25.4 Å². The van der Waals surface area contributed by atoms with Gasteiger partial charge in [-0.15, -0.1) is 22.7 Å². The number of carboxylic acids is 1. The first-order valence-electron chi connectivity index (χ1n) is 6.74. The van der Waals surface area contributed by atoms with Crippen LogP contribution in [0.25, 0.3) is 0 Å². The summed E-state index contributed by atoms with van der Waals surface area (Å²) in [6.07, 6.45) is -1.58. The zero-order valence-electron chi connectivity index (χ0n) is 13.1. The summed E-state index contributed by atoms with van der Waals surface area (Å²) in [7, 11) is 0. The minimum atomic E-state index is -5.08. The molecule has 12 heteroatoms. The summed E-state index contributed by atoms with van der Waals surface area (Å²) in [4.78, 5) is 29.9. The lowest BCUT2D eigenvalue weighted by Gasteiger charge is -2.10. The molecule has 0 bridgehead atoms. The van der Waals surface area contributed by atoms with Crippen molar-refractivity contribution in [2.75, 3.05) is 11.9 Å². The molecule has 1 amide bonds. The van der Waals surface area contributed by atoms with Crippen molar-refractivity contribution in [2.45, 2.75) is 26.1 Å². The number of hydrogen-bond acceptors (Lipinski definition) is 7. The lowest BCUT2D eigenvalue weighted by Crippen LogP contribution is -2.29. The zero-order chi connectivity index (χ0) is 19.0. The van der Waals surface area contributed by atoms with Gasteiger partial charge in [-0.05, 0) is 13.8 Å². The largest absolute Gasteiger partial charge is 0.490 e. The van der Waals surface area contributed by atoms with Crippen LogP contribution in [0.4, 0.5) is 18.3 Å². The summed E-state index contributed by atoms with van der Waals surface area (Å²) >= 11 is 3.04. The molecule has 1 atom stereocenters. The number of rotatable bonds is 5. The fourth-order valence-electron chi connectivity index (χ4n) is 1.37. The third-order valence-corrected chi connectivity index (χ3v) is 4.34. The van der Waals surface area contributed by atoms with Crippen molar-refractivity contribution >= 4 is 39.7 Å². The van der Waals surface area contributed by atoms with Gasteiger partial charge in [0, 0.05) is 28.7 Å². The lowest BCUT2D eigenvalue weighted by atomic mass is 10.3. The van der Waals surface area contributed by atoms with Crippen LogP contribution >= 0.6 is 22.7 Å². The van der Waals surface area contributed by atoms with Crippen molar-refractivity contribution in [3.05, 3.63) is 27.7 Å². The van der Waals surface area contributed by atoms with E-state index in [4.69, 9.17) is 9.90 Å². The van der Waals surface area contributed by atoms with Crippen LogP contribution in [0.3, 0.4) is 0 Å². The molecular weight excluding hydrogens is 381 g/mol. The highest BCUT2D eigenvalue weighted by Gasteiger charge is 2.38. The molecule has 0 radical (unpaired) electrons. The molecule has 1 unspecified atom stereocenters. The number of nitrogens with one attached hydrogen (secondary N) is 2. The second kappa shape index (κ2) is 9.44. The number of anilines is 1. The van der Waals surface area contributed by atoms with E-state index >= 15 is 0 Å². The quantitative estimate of drug-likeness (QED) is 0.718. The molecule has 138 valence electrons. The second-order valence-corrected chi connectivity index (χ2v) is 6.73. The Balaban J connectivity index is 0.000000381. The van der Waals surface area contributed by atoms with Crippen molar-refractivity contribution in [2.24, 2.45) is 0 Å². The Morgan fingerprint density at radius 2 is 2.00 bits per heavy atom. The number of aliphatic carboxylic acids is 1. The minimum absolute atomic E-state index is 0.0852. The van der Waals surface area contributed by atoms with Crippen molar-refractivity contribution in [3.63, 3.8) is 0 Å². The molecule has 0 saturated carbocycles. The maximum Gasteiger partial charge on any atom is 0.490 e. The number of alkyl halides is 3. The number of thiazole rings is 2. The molecular formula is C13H15F3N4O3S2. The van der Waals surface area contributed by atoms with Gasteiger partial charge >= 0.3 is 12.1 Å². The minimum Gasteiger partial charge on any atom is -0.475 e. The van der Waals surface area contributed by atoms with E-state index in [0.717, 1.165) is 9.88 Å². The summed E-state index contributed by atoms with van der Waals surface area (Å²) in [6.45, 7) is 4.25. The van der Waals surface area contributed by atoms with E-state index in [1.165, 1.54) is 11.3 Å². The van der Waals surface area contributed by atoms with Gasteiger partial charge in [0.25, 0.3) is 0 Å². The van der Waals surface area contributed by atoms with Crippen LogP contribution in [0.1, 0.15) is 22.9 Å². The molecule has 2 heterocycles. The summed E-state index contributed by atoms with van der Waals surface area (Å²) in [5.74, 6) is -2.84. The zero-order valence-corrected chi connectivity index (χ0v) is 14.8. The molecule has 3 N–H and O–H groups in total. The van der Waals surface area contributed by atoms with Crippen LogP contribution in [0.2, 0.25) is 0 Å². The maximum atomic E-state index is 11.6. The Morgan fingerprint density at radius 3 is 2.44 bits per heavy atom. The van der Waals surface area contributed by atoms with Gasteiger partial charge in [0.1, 0.15) is 0 Å². The third kappa shape index (κ3) is 8.05. The van der Waals surface area contributed by atoms with Gasteiger partial charge in [-0.3, -0.25) is 4.79 Å². The Hall–Kier alpha value is -2.05. The van der Waals surface area contributed by atoms with Crippen LogP contribution < -0.4 is 10.6 Å². The van der Waals surface area contributed by atoms with Gasteiger partial charge in [-0.1, -0.05) is 0 Å². The molecule has 0 fully saturated rings. The van der Waals surface area contributed by atoms with Gasteiger partial charge in [-0.2, -0.15) is 13.2 Å². The smallest absolute Gasteiger partial charge is 0.475 e. The Bertz CT molecular complexity index is 689. The number of aryl methyl sites for hydroxylation is 1. The van der Waals surface area contributed by atoms with E-state index in [1.54, 1.807) is 17.5 Å². The molecule has 0 aliphatic carbocycles. The van der Waals surface area contributed by atoms with Crippen LogP contribution in [0.5, 0.6) is 0 Å². The number of carbonyl (C=O) groups excluding carboxylic acids is 1. The Morgan fingerprint density at radius 1 is 1.36 bits per heavy atom. The van der Waals surface area contributed by atoms with E-state index in [-0.39, 0.29) is 18.5 Å². The van der Waals surface area contributed by atoms with Gasteiger partial charge in [0.05, 0.1) is 11.6 Å². The van der Waals surface area contributed by atoms with E-state index in [2.05, 4.69) is 20.6 Å². The molecule has 0 aliphatic heterocycles. The van der Waals surface area contributed by atoms with Crippen molar-refractivity contribution < 1.29 is 27.9 Å². The van der Waals surface area contributed by atoms with Crippen LogP contribution in [0.15, 0.2) is 17.8 Å². The number of halogens is 3. The maximum absolute atomic E-state index is 11.6. The summed E-state index contributed by atoms with van der Waals surface area (Å²) in [6, 6.07) is 0.123. The summed E-state index contributed by atoms with van der Waals surface area (Å²) in [5.41, 5.74) is 0. The fourth-order valence-corrected chi connectivity index (χ4v) is 2.73. The highest BCUT2D eigenvalue weighted by atomic mass is 32.1. The molecule has 0 spiro atoms. The molecule has 0 aliphatic rings. The number of hydrogen-bond donors (Lipinski definition) is 3. The average molecular weight is 396 g/mol. The molecule has 2 aromatic heterocycles. The van der Waals surface area contributed by atoms with Gasteiger partial charge in [0.2, 0.25) is 5.91 Å². The van der Waals surface area contributed by atoms with Crippen LogP contribution in [0, 0.1) is 6.92 Å². The second-order valence-electron chi connectivity index (χ2n) is 4.57. The molecule has 2 aromatic rings. The van der Waals surface area contributed by atoms with E-state index in [9.17, 15) is 18.0 Å². The first kappa shape index (κ1) is 21.0. The highest BCUT2D eigenvalue weighted by molar-refractivity contribution is 7.13. The standard InChI is InChI=1S/C11H14N4OS2.C2HF3O2/c1-7(9-5-14-8(2)18-9)13-6-10(16)15-11-12-3-4-17-11;3-2(4,5)1(6)7/h3-5,7,13H,6H2,1-2H3,(H,12,15,16);(H,6,7). The van der Waals surface area contributed by atoms with Gasteiger partial charge < -0.3 is 15.7 Å². The fraction of sp³-hybridized carbons (Fsp3) is 0.385. The molecule has 0 saturated heterocycles. The molecule has 0 aromatic carbocycles. The van der Waals surface area contributed by atoms with Crippen LogP contribution in [-0.2, 0) is 9.59 Å². The highest BCUT2D eigenvalue weighted by Crippen LogP contribution is 2.19. The molecule has 2 rings (SSSR count). The molecule has 25 heavy (non-hydrogen) atoms. The first-order chi connectivity index (χ1) is 11.6. The van der Waals surface area contributed by atoms with Gasteiger partial charge in [0.15, 0.2) is 5.13 Å². The van der Waals surface area contributed by atoms with Gasteiger partial charge in [-0.25, -0.2) is 14.8 Å². The Kier molecular flexibility index (Phi) is 7.93. The van der Waals surface area contributed by atoms with Crippen molar-refractivity contribution in [3.8, 4) is 0 Å². The molecule has 7 nitrogen and oxygen atoms in total. The van der Waals surface area contributed by atoms with Crippen LogP contribution in [-0.4, -0.2) is 39.7 Å². The first-order valence-corrected chi connectivity index (χ1v) is 8.44. The Labute approximate surface area is 148 Å². The summed E-state index contributed by atoms with van der Waals surface area (Å²) < 4.78 is 31.7. The monoisotopic (exact) mass is 396 g/mol. The van der Waals surface area contributed by atoms with Crippen molar-refractivity contribution in [1.29, 1.82) is 0 Å². The number of amides is 1. The van der Waals surface area contributed by atoms with E-state index < -0.39 is 12.1 Å². The number of carboxylic acid groups (broad SMARTS) is 1. The normalized spacial score (nSPS) is 12.0. The topological polar surface area (TPSA) is 104 Å². The number of aromatic nitrogens is 2. The summed E-state index contributed by atoms with van der Waals surface area (Å²) in [5, 5.41) is 16.5. The number of nitrogens with zero attached hydrogens (tertiary/aromatic N) is 2.